The van der Waals surface area contributed by atoms with Crippen LogP contribution in [-0.4, -0.2) is 53.4 Å². The summed E-state index contributed by atoms with van der Waals surface area (Å²) >= 11 is 0. The first kappa shape index (κ1) is 22.1. The first-order valence-corrected chi connectivity index (χ1v) is 9.35. The number of nitrogens with zero attached hydrogens (tertiary/aromatic N) is 2. The number of hydrogen-bond donors (Lipinski definition) is 1. The number of aromatic nitrogens is 1. The lowest BCUT2D eigenvalue weighted by molar-refractivity contribution is -0.152. The number of esters is 1. The molecule has 0 atom stereocenters. The largest absolute Gasteiger partial charge is 0.456 e. The van der Waals surface area contributed by atoms with Crippen LogP contribution in [-0.2, 0) is 25.5 Å². The van der Waals surface area contributed by atoms with Gasteiger partial charge in [-0.25, -0.2) is 4.98 Å². The van der Waals surface area contributed by atoms with E-state index in [-0.39, 0.29) is 30.8 Å². The van der Waals surface area contributed by atoms with Crippen LogP contribution in [0.1, 0.15) is 33.1 Å². The lowest BCUT2D eigenvalue weighted by Crippen LogP contribution is -2.46. The van der Waals surface area contributed by atoms with Crippen molar-refractivity contribution in [1.29, 1.82) is 0 Å². The van der Waals surface area contributed by atoms with E-state index in [9.17, 15) is 14.4 Å². The molecule has 0 saturated heterocycles. The van der Waals surface area contributed by atoms with Gasteiger partial charge in [-0.2, -0.15) is 0 Å². The second-order valence-corrected chi connectivity index (χ2v) is 7.69. The highest BCUT2D eigenvalue weighted by molar-refractivity contribution is 5.86. The molecule has 0 unspecified atom stereocenters. The Morgan fingerprint density at radius 3 is 2.52 bits per heavy atom. The third-order valence-corrected chi connectivity index (χ3v) is 3.83. The van der Waals surface area contributed by atoms with Crippen LogP contribution in [0.4, 0.5) is 0 Å². The molecule has 0 fully saturated rings. The maximum Gasteiger partial charge on any atom is 0.306 e. The maximum atomic E-state index is 12.0. The van der Waals surface area contributed by atoms with Crippen molar-refractivity contribution in [3.63, 3.8) is 0 Å². The van der Waals surface area contributed by atoms with Gasteiger partial charge in [0.1, 0.15) is 0 Å². The molecule has 0 bridgehead atoms. The minimum Gasteiger partial charge on any atom is -0.456 e. The lowest BCUT2D eigenvalue weighted by atomic mass is 10.1. The maximum absolute atomic E-state index is 12.0. The van der Waals surface area contributed by atoms with Gasteiger partial charge < -0.3 is 19.4 Å². The summed E-state index contributed by atoms with van der Waals surface area (Å²) < 4.78 is 10.6. The molecule has 8 heteroatoms. The molecule has 0 aliphatic heterocycles. The van der Waals surface area contributed by atoms with Crippen molar-refractivity contribution in [2.45, 2.75) is 39.2 Å². The fourth-order valence-corrected chi connectivity index (χ4v) is 2.46. The summed E-state index contributed by atoms with van der Waals surface area (Å²) in [5.41, 5.74) is 0.520. The van der Waals surface area contributed by atoms with E-state index in [0.717, 1.165) is 5.56 Å². The first-order valence-electron chi connectivity index (χ1n) is 9.35. The zero-order chi connectivity index (χ0) is 21.4. The van der Waals surface area contributed by atoms with Crippen LogP contribution < -0.4 is 5.32 Å². The normalized spacial score (nSPS) is 11.0. The summed E-state index contributed by atoms with van der Waals surface area (Å²) in [4.78, 5) is 41.1. The Kier molecular flexibility index (Phi) is 7.52. The topological polar surface area (TPSA) is 102 Å². The fourth-order valence-electron chi connectivity index (χ4n) is 2.46. The van der Waals surface area contributed by atoms with Gasteiger partial charge in [-0.3, -0.25) is 14.4 Å². The average molecular weight is 401 g/mol. The Morgan fingerprint density at radius 1 is 1.17 bits per heavy atom. The minimum atomic E-state index is -0.537. The quantitative estimate of drug-likeness (QED) is 0.681. The fraction of sp³-hybridized carbons (Fsp3) is 0.429. The monoisotopic (exact) mass is 401 g/mol. The van der Waals surface area contributed by atoms with E-state index in [0.29, 0.717) is 11.7 Å². The predicted molar refractivity (Wildman–Crippen MR) is 107 cm³/mol. The second-order valence-electron chi connectivity index (χ2n) is 7.69. The minimum absolute atomic E-state index is 0.0379. The van der Waals surface area contributed by atoms with E-state index in [1.54, 1.807) is 6.20 Å². The molecule has 0 saturated carbocycles. The lowest BCUT2D eigenvalue weighted by Gasteiger charge is -2.23. The summed E-state index contributed by atoms with van der Waals surface area (Å²) in [6.07, 6.45) is 1.91. The van der Waals surface area contributed by atoms with Crippen LogP contribution in [0, 0.1) is 0 Å². The van der Waals surface area contributed by atoms with Gasteiger partial charge in [0.05, 0.1) is 19.2 Å². The van der Waals surface area contributed by atoms with Crippen molar-refractivity contribution >= 4 is 17.8 Å². The second kappa shape index (κ2) is 9.86. The summed E-state index contributed by atoms with van der Waals surface area (Å²) in [6, 6.07) is 9.52. The number of rotatable bonds is 8. The molecule has 156 valence electrons. The molecule has 2 rings (SSSR count). The highest BCUT2D eigenvalue weighted by Gasteiger charge is 2.19. The van der Waals surface area contributed by atoms with E-state index in [4.69, 9.17) is 9.15 Å². The first-order chi connectivity index (χ1) is 13.6. The molecule has 2 amide bonds. The summed E-state index contributed by atoms with van der Waals surface area (Å²) in [6.45, 7) is 5.03. The number of nitrogens with one attached hydrogen (secondary N) is 1. The van der Waals surface area contributed by atoms with Crippen LogP contribution in [0.3, 0.4) is 0 Å². The molecule has 1 N–H and O–H groups in total. The van der Waals surface area contributed by atoms with Crippen LogP contribution in [0.25, 0.3) is 11.3 Å². The van der Waals surface area contributed by atoms with E-state index in [1.165, 1.54) is 11.9 Å². The van der Waals surface area contributed by atoms with Crippen molar-refractivity contribution in [2.24, 2.45) is 0 Å². The Hall–Kier alpha value is -3.16. The molecule has 2 aromatic rings. The molecular formula is C21H27N3O5. The number of hydrogen-bond acceptors (Lipinski definition) is 6. The van der Waals surface area contributed by atoms with E-state index in [1.807, 2.05) is 51.1 Å². The summed E-state index contributed by atoms with van der Waals surface area (Å²) in [7, 11) is 1.48. The zero-order valence-corrected chi connectivity index (χ0v) is 17.2. The Balaban J connectivity index is 1.72. The molecule has 0 spiro atoms. The molecule has 1 aromatic carbocycles. The third kappa shape index (κ3) is 7.77. The van der Waals surface area contributed by atoms with Crippen LogP contribution in [0.2, 0.25) is 0 Å². The van der Waals surface area contributed by atoms with Crippen LogP contribution in [0.15, 0.2) is 40.9 Å². The number of aryl methyl sites for hydroxylation is 1. The third-order valence-electron chi connectivity index (χ3n) is 3.83. The van der Waals surface area contributed by atoms with Gasteiger partial charge in [0.2, 0.25) is 5.91 Å². The molecule has 0 aliphatic carbocycles. The molecule has 0 aliphatic rings. The van der Waals surface area contributed by atoms with Crippen molar-refractivity contribution in [3.8, 4) is 11.3 Å². The smallest absolute Gasteiger partial charge is 0.306 e. The molecule has 1 heterocycles. The van der Waals surface area contributed by atoms with Gasteiger partial charge in [-0.1, -0.05) is 30.3 Å². The van der Waals surface area contributed by atoms with Crippen molar-refractivity contribution in [1.82, 2.24) is 15.2 Å². The van der Waals surface area contributed by atoms with Crippen molar-refractivity contribution in [2.75, 3.05) is 20.2 Å². The Morgan fingerprint density at radius 2 is 1.86 bits per heavy atom. The standard InChI is InChI=1S/C21H27N3O5/c1-21(2,3)23-17(25)13-24(4)19(26)14-28-20(27)11-10-18-22-12-16(29-18)15-8-6-5-7-9-15/h5-9,12H,10-11,13-14H2,1-4H3,(H,23,25). The molecule has 29 heavy (non-hydrogen) atoms. The highest BCUT2D eigenvalue weighted by atomic mass is 16.5. The van der Waals surface area contributed by atoms with Gasteiger partial charge in [-0.15, -0.1) is 0 Å². The molecule has 8 nitrogen and oxygen atoms in total. The SMILES string of the molecule is CN(CC(=O)NC(C)(C)C)C(=O)COC(=O)CCc1ncc(-c2ccccc2)o1. The van der Waals surface area contributed by atoms with Crippen LogP contribution in [0.5, 0.6) is 0 Å². The molecule has 1 aromatic heterocycles. The Labute approximate surface area is 170 Å². The summed E-state index contributed by atoms with van der Waals surface area (Å²) in [5, 5.41) is 2.76. The number of benzene rings is 1. The summed E-state index contributed by atoms with van der Waals surface area (Å²) in [5.74, 6) is -0.226. The van der Waals surface area contributed by atoms with Crippen LogP contribution >= 0.6 is 0 Å². The number of ether oxygens (including phenoxy) is 1. The zero-order valence-electron chi connectivity index (χ0n) is 17.2. The van der Waals surface area contributed by atoms with Gasteiger partial charge in [0.25, 0.3) is 5.91 Å². The van der Waals surface area contributed by atoms with Gasteiger partial charge in [0.15, 0.2) is 18.3 Å². The number of carbonyl (C=O) groups is 3. The van der Waals surface area contributed by atoms with Gasteiger partial charge in [0, 0.05) is 24.6 Å². The van der Waals surface area contributed by atoms with Gasteiger partial charge in [-0.05, 0) is 20.8 Å². The Bertz CT molecular complexity index is 840. The predicted octanol–water partition coefficient (Wildman–Crippen LogP) is 2.19. The van der Waals surface area contributed by atoms with Gasteiger partial charge >= 0.3 is 5.97 Å². The average Bonchev–Trinajstić information content (AvgIpc) is 3.12. The van der Waals surface area contributed by atoms with Crippen molar-refractivity contribution in [3.05, 3.63) is 42.4 Å². The highest BCUT2D eigenvalue weighted by Crippen LogP contribution is 2.20. The number of carbonyl (C=O) groups excluding carboxylic acids is 3. The number of likely N-dealkylation sites (N-methyl/N-ethyl adjacent to an activating group) is 1. The van der Waals surface area contributed by atoms with Crippen molar-refractivity contribution < 1.29 is 23.5 Å². The number of oxazole rings is 1. The number of amides is 2. The van der Waals surface area contributed by atoms with E-state index >= 15 is 0 Å². The van der Waals surface area contributed by atoms with E-state index in [2.05, 4.69) is 10.3 Å². The van der Waals surface area contributed by atoms with E-state index < -0.39 is 18.5 Å². The molecule has 0 radical (unpaired) electrons. The molecular weight excluding hydrogens is 374 g/mol.